The lowest BCUT2D eigenvalue weighted by Gasteiger charge is -2.04. The Bertz CT molecular complexity index is 500. The van der Waals surface area contributed by atoms with Crippen LogP contribution in [0.3, 0.4) is 0 Å². The molecule has 15 heavy (non-hydrogen) atoms. The van der Waals surface area contributed by atoms with Gasteiger partial charge >= 0.3 is 0 Å². The predicted molar refractivity (Wildman–Crippen MR) is 58.8 cm³/mol. The number of nitrogens with zero attached hydrogens (tertiary/aromatic N) is 1. The zero-order valence-corrected chi connectivity index (χ0v) is 8.74. The minimum atomic E-state index is 0.0630. The van der Waals surface area contributed by atoms with Gasteiger partial charge in [-0.15, -0.1) is 0 Å². The monoisotopic (exact) mass is 200 g/mol. The molecule has 0 spiro atoms. The third kappa shape index (κ3) is 1.68. The molecule has 1 aromatic heterocycles. The van der Waals surface area contributed by atoms with E-state index in [0.29, 0.717) is 5.56 Å². The quantitative estimate of drug-likeness (QED) is 0.757. The number of aromatic nitrogens is 2. The van der Waals surface area contributed by atoms with Crippen molar-refractivity contribution >= 4 is 5.78 Å². The lowest BCUT2D eigenvalue weighted by Crippen LogP contribution is -1.96. The highest BCUT2D eigenvalue weighted by atomic mass is 16.1. The predicted octanol–water partition coefficient (Wildman–Crippen LogP) is 2.59. The molecule has 3 nitrogen and oxygen atoms in total. The van der Waals surface area contributed by atoms with E-state index in [1.165, 1.54) is 0 Å². The maximum atomic E-state index is 11.4. The standard InChI is InChI=1S/C12H12N2O/c1-8-7-13-14-12(8)11-6-4-3-5-10(11)9(2)15/h3-7H,1-2H3,(H,13,14). The van der Waals surface area contributed by atoms with Gasteiger partial charge in [0.15, 0.2) is 5.78 Å². The highest BCUT2D eigenvalue weighted by Gasteiger charge is 2.11. The topological polar surface area (TPSA) is 45.8 Å². The molecule has 0 bridgehead atoms. The van der Waals surface area contributed by atoms with Gasteiger partial charge in [-0.05, 0) is 19.4 Å². The summed E-state index contributed by atoms with van der Waals surface area (Å²) < 4.78 is 0. The Morgan fingerprint density at radius 1 is 1.33 bits per heavy atom. The van der Waals surface area contributed by atoms with Crippen LogP contribution in [-0.4, -0.2) is 16.0 Å². The smallest absolute Gasteiger partial charge is 0.160 e. The summed E-state index contributed by atoms with van der Waals surface area (Å²) in [6.07, 6.45) is 1.83. The van der Waals surface area contributed by atoms with Crippen LogP contribution in [0.5, 0.6) is 0 Å². The first-order valence-corrected chi connectivity index (χ1v) is 4.81. The van der Waals surface area contributed by atoms with E-state index in [0.717, 1.165) is 16.8 Å². The summed E-state index contributed by atoms with van der Waals surface area (Å²) in [7, 11) is 0. The van der Waals surface area contributed by atoms with Crippen LogP contribution in [0.4, 0.5) is 0 Å². The van der Waals surface area contributed by atoms with Gasteiger partial charge in [-0.1, -0.05) is 24.3 Å². The number of hydrogen-bond acceptors (Lipinski definition) is 2. The van der Waals surface area contributed by atoms with Gasteiger partial charge in [-0.25, -0.2) is 0 Å². The van der Waals surface area contributed by atoms with Crippen LogP contribution in [0.1, 0.15) is 22.8 Å². The zero-order chi connectivity index (χ0) is 10.8. The Hall–Kier alpha value is -1.90. The molecule has 0 fully saturated rings. The zero-order valence-electron chi connectivity index (χ0n) is 8.74. The molecular formula is C12H12N2O. The first-order valence-electron chi connectivity index (χ1n) is 4.81. The van der Waals surface area contributed by atoms with Gasteiger partial charge in [0, 0.05) is 17.3 Å². The van der Waals surface area contributed by atoms with Crippen LogP contribution in [-0.2, 0) is 0 Å². The van der Waals surface area contributed by atoms with Crippen molar-refractivity contribution in [2.24, 2.45) is 0 Å². The van der Waals surface area contributed by atoms with E-state index >= 15 is 0 Å². The molecule has 76 valence electrons. The molecular weight excluding hydrogens is 188 g/mol. The van der Waals surface area contributed by atoms with Crippen LogP contribution in [0.15, 0.2) is 30.5 Å². The highest BCUT2D eigenvalue weighted by molar-refractivity contribution is 6.00. The van der Waals surface area contributed by atoms with Crippen molar-refractivity contribution in [1.29, 1.82) is 0 Å². The van der Waals surface area contributed by atoms with E-state index in [4.69, 9.17) is 0 Å². The Balaban J connectivity index is 2.63. The first kappa shape index (κ1) is 9.65. The van der Waals surface area contributed by atoms with E-state index < -0.39 is 0 Å². The second-order valence-corrected chi connectivity index (χ2v) is 3.52. The fourth-order valence-electron chi connectivity index (χ4n) is 1.62. The maximum absolute atomic E-state index is 11.4. The second-order valence-electron chi connectivity index (χ2n) is 3.52. The number of benzene rings is 1. The van der Waals surface area contributed by atoms with Gasteiger partial charge in [-0.3, -0.25) is 9.89 Å². The number of nitrogens with one attached hydrogen (secondary N) is 1. The lowest BCUT2D eigenvalue weighted by atomic mass is 10.00. The van der Waals surface area contributed by atoms with Gasteiger partial charge in [0.2, 0.25) is 0 Å². The molecule has 0 amide bonds. The molecule has 0 aliphatic heterocycles. The van der Waals surface area contributed by atoms with Crippen molar-refractivity contribution in [3.63, 3.8) is 0 Å². The number of aromatic amines is 1. The van der Waals surface area contributed by atoms with E-state index in [2.05, 4.69) is 10.2 Å². The van der Waals surface area contributed by atoms with Crippen LogP contribution < -0.4 is 0 Å². The van der Waals surface area contributed by atoms with Gasteiger partial charge in [0.05, 0.1) is 5.69 Å². The van der Waals surface area contributed by atoms with Crippen LogP contribution in [0.2, 0.25) is 0 Å². The molecule has 1 aromatic carbocycles. The van der Waals surface area contributed by atoms with Crippen molar-refractivity contribution in [3.05, 3.63) is 41.6 Å². The van der Waals surface area contributed by atoms with Gasteiger partial charge in [0.25, 0.3) is 0 Å². The summed E-state index contributed by atoms with van der Waals surface area (Å²) in [4.78, 5) is 11.4. The van der Waals surface area contributed by atoms with Crippen molar-refractivity contribution in [1.82, 2.24) is 10.2 Å². The summed E-state index contributed by atoms with van der Waals surface area (Å²) in [5, 5.41) is 6.95. The Labute approximate surface area is 88.1 Å². The third-order valence-corrected chi connectivity index (χ3v) is 2.39. The normalized spacial score (nSPS) is 10.3. The summed E-state index contributed by atoms with van der Waals surface area (Å²) in [5.74, 6) is 0.0630. The van der Waals surface area contributed by atoms with E-state index in [1.807, 2.05) is 37.4 Å². The fourth-order valence-corrected chi connectivity index (χ4v) is 1.62. The van der Waals surface area contributed by atoms with Crippen molar-refractivity contribution < 1.29 is 4.79 Å². The lowest BCUT2D eigenvalue weighted by molar-refractivity contribution is 0.101. The minimum absolute atomic E-state index is 0.0630. The van der Waals surface area contributed by atoms with Crippen LogP contribution >= 0.6 is 0 Å². The average molecular weight is 200 g/mol. The van der Waals surface area contributed by atoms with Crippen LogP contribution in [0.25, 0.3) is 11.3 Å². The molecule has 2 rings (SSSR count). The van der Waals surface area contributed by atoms with Crippen molar-refractivity contribution in [3.8, 4) is 11.3 Å². The molecule has 0 saturated heterocycles. The van der Waals surface area contributed by atoms with Gasteiger partial charge < -0.3 is 0 Å². The molecule has 3 heteroatoms. The summed E-state index contributed by atoms with van der Waals surface area (Å²) in [5.41, 5.74) is 3.50. The number of hydrogen-bond donors (Lipinski definition) is 1. The summed E-state index contributed by atoms with van der Waals surface area (Å²) in [6.45, 7) is 3.54. The third-order valence-electron chi connectivity index (χ3n) is 2.39. The Kier molecular flexibility index (Phi) is 2.37. The number of rotatable bonds is 2. The number of carbonyl (C=O) groups is 1. The van der Waals surface area contributed by atoms with Gasteiger partial charge in [0.1, 0.15) is 0 Å². The molecule has 0 aliphatic carbocycles. The molecule has 0 aliphatic rings. The summed E-state index contributed by atoms with van der Waals surface area (Å²) >= 11 is 0. The molecule has 0 unspecified atom stereocenters. The number of H-pyrrole nitrogens is 1. The van der Waals surface area contributed by atoms with Crippen LogP contribution in [0, 0.1) is 6.92 Å². The number of ketones is 1. The second kappa shape index (κ2) is 3.69. The van der Waals surface area contributed by atoms with Gasteiger partial charge in [-0.2, -0.15) is 5.10 Å². The largest absolute Gasteiger partial charge is 0.294 e. The average Bonchev–Trinajstić information content (AvgIpc) is 2.64. The molecule has 1 N–H and O–H groups in total. The first-order chi connectivity index (χ1) is 7.20. The number of carbonyl (C=O) groups excluding carboxylic acids is 1. The fraction of sp³-hybridized carbons (Fsp3) is 0.167. The maximum Gasteiger partial charge on any atom is 0.160 e. The van der Waals surface area contributed by atoms with E-state index in [1.54, 1.807) is 6.92 Å². The SMILES string of the molecule is CC(=O)c1ccccc1-c1n[nH]cc1C. The molecule has 2 aromatic rings. The number of aryl methyl sites for hydroxylation is 1. The molecule has 0 radical (unpaired) electrons. The minimum Gasteiger partial charge on any atom is -0.294 e. The van der Waals surface area contributed by atoms with E-state index in [-0.39, 0.29) is 5.78 Å². The highest BCUT2D eigenvalue weighted by Crippen LogP contribution is 2.24. The van der Waals surface area contributed by atoms with Crippen molar-refractivity contribution in [2.45, 2.75) is 13.8 Å². The van der Waals surface area contributed by atoms with Crippen molar-refractivity contribution in [2.75, 3.05) is 0 Å². The molecule has 0 atom stereocenters. The summed E-state index contributed by atoms with van der Waals surface area (Å²) in [6, 6.07) is 7.52. The molecule has 0 saturated carbocycles. The number of Topliss-reactive ketones (excluding diaryl/α,β-unsaturated/α-hetero) is 1. The Morgan fingerprint density at radius 2 is 2.07 bits per heavy atom. The molecule has 1 heterocycles. The Morgan fingerprint density at radius 3 is 2.67 bits per heavy atom. The van der Waals surface area contributed by atoms with E-state index in [9.17, 15) is 4.79 Å².